The average molecular weight is 188 g/mol. The van der Waals surface area contributed by atoms with E-state index in [0.29, 0.717) is 0 Å². The van der Waals surface area contributed by atoms with Crippen molar-refractivity contribution in [2.24, 2.45) is 21.8 Å². The molecular weight excluding hydrogens is 179 g/mol. The maximum atomic E-state index is 9.87. The van der Waals surface area contributed by atoms with Crippen LogP contribution in [0.4, 0.5) is 0 Å². The quantitative estimate of drug-likeness (QED) is 0.190. The van der Waals surface area contributed by atoms with Crippen LogP contribution >= 0.6 is 9.90 Å². The van der Waals surface area contributed by atoms with Gasteiger partial charge in [-0.25, -0.2) is 0 Å². The molecular formula is CH9N4O3PS. The zero-order valence-corrected chi connectivity index (χ0v) is 7.25. The molecule has 0 aromatic heterocycles. The van der Waals surface area contributed by atoms with E-state index in [0.717, 1.165) is 0 Å². The Morgan fingerprint density at radius 1 is 1.40 bits per heavy atom. The molecule has 6 N–H and O–H groups in total. The molecule has 0 rings (SSSR count). The highest BCUT2D eigenvalue weighted by molar-refractivity contribution is 7.84. The van der Waals surface area contributed by atoms with Crippen molar-refractivity contribution in [2.75, 3.05) is 0 Å². The summed E-state index contributed by atoms with van der Waals surface area (Å²) in [5, 5.41) is 6.97. The second kappa shape index (κ2) is 4.26. The molecule has 7 nitrogen and oxygen atoms in total. The van der Waals surface area contributed by atoms with E-state index < -0.39 is 16.3 Å². The van der Waals surface area contributed by atoms with E-state index in [-0.39, 0.29) is 9.90 Å². The van der Waals surface area contributed by atoms with Crippen LogP contribution in [0.25, 0.3) is 0 Å². The van der Waals surface area contributed by atoms with E-state index in [1.807, 2.05) is 0 Å². The molecule has 0 saturated carbocycles. The van der Waals surface area contributed by atoms with E-state index in [1.165, 1.54) is 0 Å². The summed E-state index contributed by atoms with van der Waals surface area (Å²) < 4.78 is 23.3. The van der Waals surface area contributed by atoms with E-state index in [4.69, 9.17) is 0 Å². The van der Waals surface area contributed by atoms with Crippen LogP contribution in [0.15, 0.2) is 5.16 Å². The molecule has 0 aliphatic rings. The fourth-order valence-electron chi connectivity index (χ4n) is 0.0950. The minimum absolute atomic E-state index is 0. The van der Waals surface area contributed by atoms with Gasteiger partial charge in [0.1, 0.15) is 0 Å². The van der Waals surface area contributed by atoms with Crippen LogP contribution in [0.1, 0.15) is 0 Å². The molecule has 0 aliphatic carbocycles. The molecule has 0 saturated heterocycles. The number of hydrogen-bond acceptors (Lipinski definition) is 4. The highest BCUT2D eigenvalue weighted by Gasteiger charge is 1.98. The van der Waals surface area contributed by atoms with Gasteiger partial charge in [-0.05, 0) is 5.16 Å². The second-order valence-corrected chi connectivity index (χ2v) is 2.22. The molecule has 0 spiro atoms. The predicted octanol–water partition coefficient (Wildman–Crippen LogP) is -2.55. The van der Waals surface area contributed by atoms with Gasteiger partial charge in [0.15, 0.2) is 0 Å². The Balaban J connectivity index is 0. The lowest BCUT2D eigenvalue weighted by Crippen LogP contribution is -2.24. The van der Waals surface area contributed by atoms with Crippen molar-refractivity contribution < 1.29 is 12.7 Å². The molecule has 1 unspecified atom stereocenters. The molecule has 0 aliphatic heterocycles. The maximum absolute atomic E-state index is 9.87. The standard InChI is InChI=1S/CH6N4O3S.H3P/c2-1(3)5-8-9(4,6)7;/h(H4,2,3,5)(H2,4,6,7);1H3. The number of hydrogen-bond donors (Lipinski definition) is 3. The monoisotopic (exact) mass is 188 g/mol. The first-order chi connectivity index (χ1) is 3.92. The number of nitrogens with zero attached hydrogens (tertiary/aromatic N) is 1. The lowest BCUT2D eigenvalue weighted by Gasteiger charge is -1.91. The van der Waals surface area contributed by atoms with Crippen molar-refractivity contribution >= 4 is 26.2 Å². The van der Waals surface area contributed by atoms with Gasteiger partial charge >= 0.3 is 10.3 Å². The second-order valence-electron chi connectivity index (χ2n) is 1.08. The normalized spacial score (nSPS) is 9.30. The first-order valence-corrected chi connectivity index (χ1v) is 3.19. The molecule has 0 aromatic rings. The number of oxime groups is 1. The smallest absolute Gasteiger partial charge is 0.367 e. The molecule has 10 heavy (non-hydrogen) atoms. The van der Waals surface area contributed by atoms with Gasteiger partial charge in [0.25, 0.3) is 0 Å². The van der Waals surface area contributed by atoms with Crippen LogP contribution in [0.3, 0.4) is 0 Å². The van der Waals surface area contributed by atoms with Crippen molar-refractivity contribution in [1.29, 1.82) is 0 Å². The van der Waals surface area contributed by atoms with Crippen molar-refractivity contribution in [3.63, 3.8) is 0 Å². The molecule has 0 amide bonds. The summed E-state index contributed by atoms with van der Waals surface area (Å²) in [6.07, 6.45) is 0. The minimum Gasteiger partial charge on any atom is -0.367 e. The van der Waals surface area contributed by atoms with Crippen LogP contribution in [0.2, 0.25) is 0 Å². The molecule has 0 bridgehead atoms. The number of guanidine groups is 1. The highest BCUT2D eigenvalue weighted by atomic mass is 32.2. The topological polar surface area (TPSA) is 134 Å². The van der Waals surface area contributed by atoms with Gasteiger partial charge in [0, 0.05) is 0 Å². The summed E-state index contributed by atoms with van der Waals surface area (Å²) in [5.41, 5.74) is 9.36. The molecule has 9 heteroatoms. The van der Waals surface area contributed by atoms with Gasteiger partial charge in [0.05, 0.1) is 0 Å². The first-order valence-electron chi connectivity index (χ1n) is 1.72. The van der Waals surface area contributed by atoms with Crippen molar-refractivity contribution in [1.82, 2.24) is 0 Å². The summed E-state index contributed by atoms with van der Waals surface area (Å²) in [4.78, 5) is 0. The molecule has 0 aromatic carbocycles. The zero-order valence-electron chi connectivity index (χ0n) is 5.02. The Kier molecular flexibility index (Phi) is 5.17. The summed E-state index contributed by atoms with van der Waals surface area (Å²) in [6, 6.07) is 0. The van der Waals surface area contributed by atoms with Gasteiger partial charge in [-0.15, -0.1) is 0 Å². The van der Waals surface area contributed by atoms with Gasteiger partial charge in [-0.3, -0.25) is 4.28 Å². The Labute approximate surface area is 61.4 Å². The molecule has 0 fully saturated rings. The number of nitrogens with two attached hydrogens (primary N) is 3. The molecule has 0 radical (unpaired) electrons. The summed E-state index contributed by atoms with van der Waals surface area (Å²) in [7, 11) is -4.07. The fourth-order valence-corrected chi connectivity index (χ4v) is 0.285. The SMILES string of the molecule is NC(N)=NOS(N)(=O)=O.P. The summed E-state index contributed by atoms with van der Waals surface area (Å²) in [6.45, 7) is 0. The van der Waals surface area contributed by atoms with E-state index >= 15 is 0 Å². The Morgan fingerprint density at radius 3 is 1.90 bits per heavy atom. The molecule has 1 atom stereocenters. The predicted molar refractivity (Wildman–Crippen MR) is 41.1 cm³/mol. The zero-order chi connectivity index (χ0) is 7.49. The molecule has 62 valence electrons. The van der Waals surface area contributed by atoms with E-state index in [9.17, 15) is 8.42 Å². The minimum atomic E-state index is -4.07. The lowest BCUT2D eigenvalue weighted by molar-refractivity contribution is 0.338. The van der Waals surface area contributed by atoms with Crippen LogP contribution < -0.4 is 16.6 Å². The highest BCUT2D eigenvalue weighted by Crippen LogP contribution is 1.79. The van der Waals surface area contributed by atoms with Gasteiger partial charge in [0.2, 0.25) is 5.96 Å². The van der Waals surface area contributed by atoms with Gasteiger partial charge in [-0.2, -0.15) is 23.5 Å². The molecule has 0 heterocycles. The Hall–Kier alpha value is -0.590. The first kappa shape index (κ1) is 12.1. The van der Waals surface area contributed by atoms with Crippen LogP contribution in [0.5, 0.6) is 0 Å². The summed E-state index contributed by atoms with van der Waals surface area (Å²) >= 11 is 0. The third kappa shape index (κ3) is 10.4. The Bertz CT molecular complexity index is 205. The van der Waals surface area contributed by atoms with E-state index in [1.54, 1.807) is 0 Å². The third-order valence-corrected chi connectivity index (χ3v) is 0.529. The number of rotatable bonds is 2. The van der Waals surface area contributed by atoms with Crippen LogP contribution in [0, 0.1) is 0 Å². The van der Waals surface area contributed by atoms with Crippen LogP contribution in [-0.4, -0.2) is 14.4 Å². The third-order valence-electron chi connectivity index (χ3n) is 0.247. The van der Waals surface area contributed by atoms with E-state index in [2.05, 4.69) is 26.0 Å². The largest absolute Gasteiger partial charge is 0.399 e. The van der Waals surface area contributed by atoms with Crippen molar-refractivity contribution in [2.45, 2.75) is 0 Å². The van der Waals surface area contributed by atoms with Gasteiger partial charge < -0.3 is 11.5 Å². The average Bonchev–Trinajstić information content (AvgIpc) is 1.59. The fraction of sp³-hybridized carbons (Fsp3) is 0. The lowest BCUT2D eigenvalue weighted by atomic mass is 11.1. The van der Waals surface area contributed by atoms with Crippen LogP contribution in [-0.2, 0) is 14.6 Å². The maximum Gasteiger partial charge on any atom is 0.399 e. The van der Waals surface area contributed by atoms with Crippen molar-refractivity contribution in [3.8, 4) is 0 Å². The Morgan fingerprint density at radius 2 is 1.80 bits per heavy atom. The van der Waals surface area contributed by atoms with Gasteiger partial charge in [-0.1, -0.05) is 0 Å². The van der Waals surface area contributed by atoms with Crippen molar-refractivity contribution in [3.05, 3.63) is 0 Å². The summed E-state index contributed by atoms with van der Waals surface area (Å²) in [5.74, 6) is -0.510.